The normalized spacial score (nSPS) is 16.2. The van der Waals surface area contributed by atoms with Gasteiger partial charge in [-0.2, -0.15) is 0 Å². The molecule has 1 heterocycles. The summed E-state index contributed by atoms with van der Waals surface area (Å²) in [7, 11) is 0. The van der Waals surface area contributed by atoms with E-state index in [1.165, 1.54) is 0 Å². The Morgan fingerprint density at radius 1 is 1.05 bits per heavy atom. The van der Waals surface area contributed by atoms with Crippen LogP contribution in [0.5, 0.6) is 11.5 Å². The molecule has 0 radical (unpaired) electrons. The highest BCUT2D eigenvalue weighted by molar-refractivity contribution is 5.49. The fourth-order valence-corrected chi connectivity index (χ4v) is 2.16. The van der Waals surface area contributed by atoms with E-state index in [4.69, 9.17) is 9.47 Å². The molecule has 2 aromatic carbocycles. The molecule has 0 aromatic heterocycles. The molecule has 1 N–H and O–H groups in total. The number of benzene rings is 2. The van der Waals surface area contributed by atoms with Crippen LogP contribution >= 0.6 is 0 Å². The van der Waals surface area contributed by atoms with Gasteiger partial charge < -0.3 is 14.8 Å². The summed E-state index contributed by atoms with van der Waals surface area (Å²) in [4.78, 5) is 0. The third-order valence-electron chi connectivity index (χ3n) is 3.43. The molecule has 0 bridgehead atoms. The molecular weight excluding hydrogens is 250 g/mol. The number of hydrogen-bond donors (Lipinski definition) is 1. The summed E-state index contributed by atoms with van der Waals surface area (Å²) in [5.41, 5.74) is 1.34. The Morgan fingerprint density at radius 3 is 2.50 bits per heavy atom. The first-order chi connectivity index (χ1) is 9.73. The maximum Gasteiger partial charge on any atom is 0.129 e. The van der Waals surface area contributed by atoms with E-state index in [2.05, 4.69) is 18.3 Å². The van der Waals surface area contributed by atoms with Crippen LogP contribution in [0.15, 0.2) is 54.6 Å². The molecule has 20 heavy (non-hydrogen) atoms. The van der Waals surface area contributed by atoms with Gasteiger partial charge in [-0.1, -0.05) is 31.2 Å². The molecule has 0 spiro atoms. The number of anilines is 1. The van der Waals surface area contributed by atoms with Crippen molar-refractivity contribution in [2.75, 3.05) is 25.1 Å². The average Bonchev–Trinajstić information content (AvgIpc) is 2.45. The summed E-state index contributed by atoms with van der Waals surface area (Å²) >= 11 is 0. The average molecular weight is 269 g/mol. The molecule has 104 valence electrons. The molecule has 3 nitrogen and oxygen atoms in total. The van der Waals surface area contributed by atoms with Gasteiger partial charge in [-0.3, -0.25) is 0 Å². The standard InChI is InChI=1S/C17H19NO2/c1-17(12-19-13-17)11-18-14-6-5-9-16(10-14)20-15-7-3-2-4-8-15/h2-10,18H,11-13H2,1H3. The monoisotopic (exact) mass is 269 g/mol. The maximum atomic E-state index is 5.83. The predicted octanol–water partition coefficient (Wildman–Crippen LogP) is 3.93. The lowest BCUT2D eigenvalue weighted by Gasteiger charge is -2.38. The summed E-state index contributed by atoms with van der Waals surface area (Å²) in [5, 5.41) is 3.45. The van der Waals surface area contributed by atoms with Crippen molar-refractivity contribution >= 4 is 5.69 Å². The smallest absolute Gasteiger partial charge is 0.129 e. The van der Waals surface area contributed by atoms with Crippen molar-refractivity contribution < 1.29 is 9.47 Å². The summed E-state index contributed by atoms with van der Waals surface area (Å²) in [6.07, 6.45) is 0. The molecule has 3 rings (SSSR count). The molecule has 1 saturated heterocycles. The van der Waals surface area contributed by atoms with Gasteiger partial charge in [0.25, 0.3) is 0 Å². The summed E-state index contributed by atoms with van der Waals surface area (Å²) < 4.78 is 11.1. The third-order valence-corrected chi connectivity index (χ3v) is 3.43. The molecule has 0 saturated carbocycles. The molecule has 3 heteroatoms. The minimum atomic E-state index is 0.260. The van der Waals surface area contributed by atoms with Gasteiger partial charge in [-0.25, -0.2) is 0 Å². The first kappa shape index (κ1) is 13.0. The third kappa shape index (κ3) is 3.11. The number of hydrogen-bond acceptors (Lipinski definition) is 3. The molecule has 1 fully saturated rings. The van der Waals surface area contributed by atoms with E-state index >= 15 is 0 Å². The van der Waals surface area contributed by atoms with Gasteiger partial charge in [0, 0.05) is 23.7 Å². The van der Waals surface area contributed by atoms with E-state index in [0.717, 1.165) is 36.9 Å². The summed E-state index contributed by atoms with van der Waals surface area (Å²) in [5.74, 6) is 1.69. The molecular formula is C17H19NO2. The van der Waals surface area contributed by atoms with Gasteiger partial charge in [0.05, 0.1) is 13.2 Å². The van der Waals surface area contributed by atoms with Crippen LogP contribution in [0.25, 0.3) is 0 Å². The largest absolute Gasteiger partial charge is 0.457 e. The van der Waals surface area contributed by atoms with E-state index in [1.54, 1.807) is 0 Å². The lowest BCUT2D eigenvalue weighted by molar-refractivity contribution is -0.0924. The predicted molar refractivity (Wildman–Crippen MR) is 80.4 cm³/mol. The van der Waals surface area contributed by atoms with Gasteiger partial charge in [-0.05, 0) is 24.3 Å². The van der Waals surface area contributed by atoms with Crippen LogP contribution in [0.1, 0.15) is 6.92 Å². The number of ether oxygens (including phenoxy) is 2. The Balaban J connectivity index is 1.63. The zero-order valence-corrected chi connectivity index (χ0v) is 11.6. The molecule has 0 amide bonds. The van der Waals surface area contributed by atoms with Crippen LogP contribution in [0.4, 0.5) is 5.69 Å². The van der Waals surface area contributed by atoms with Crippen molar-refractivity contribution in [1.82, 2.24) is 0 Å². The Hall–Kier alpha value is -2.00. The van der Waals surface area contributed by atoms with Crippen molar-refractivity contribution in [1.29, 1.82) is 0 Å². The van der Waals surface area contributed by atoms with Crippen molar-refractivity contribution in [2.45, 2.75) is 6.92 Å². The fourth-order valence-electron chi connectivity index (χ4n) is 2.16. The highest BCUT2D eigenvalue weighted by atomic mass is 16.5. The van der Waals surface area contributed by atoms with Crippen LogP contribution in [0.2, 0.25) is 0 Å². The quantitative estimate of drug-likeness (QED) is 0.892. The second-order valence-electron chi connectivity index (χ2n) is 5.60. The van der Waals surface area contributed by atoms with Crippen LogP contribution in [-0.4, -0.2) is 19.8 Å². The van der Waals surface area contributed by atoms with Crippen molar-refractivity contribution in [3.05, 3.63) is 54.6 Å². The van der Waals surface area contributed by atoms with E-state index in [1.807, 2.05) is 48.5 Å². The second-order valence-corrected chi connectivity index (χ2v) is 5.60. The Bertz CT molecular complexity index is 564. The number of para-hydroxylation sites is 1. The number of rotatable bonds is 5. The van der Waals surface area contributed by atoms with Gasteiger partial charge in [0.2, 0.25) is 0 Å². The lowest BCUT2D eigenvalue weighted by atomic mass is 9.89. The van der Waals surface area contributed by atoms with Crippen molar-refractivity contribution in [2.24, 2.45) is 5.41 Å². The summed E-state index contributed by atoms with van der Waals surface area (Å²) in [6.45, 7) is 4.82. The second kappa shape index (κ2) is 5.55. The van der Waals surface area contributed by atoms with E-state index in [-0.39, 0.29) is 5.41 Å². The SMILES string of the molecule is CC1(CNc2cccc(Oc3ccccc3)c2)COC1. The lowest BCUT2D eigenvalue weighted by Crippen LogP contribution is -2.45. The van der Waals surface area contributed by atoms with Gasteiger partial charge in [-0.15, -0.1) is 0 Å². The molecule has 0 unspecified atom stereocenters. The van der Waals surface area contributed by atoms with Crippen molar-refractivity contribution in [3.8, 4) is 11.5 Å². The van der Waals surface area contributed by atoms with Crippen LogP contribution in [0.3, 0.4) is 0 Å². The van der Waals surface area contributed by atoms with Gasteiger partial charge >= 0.3 is 0 Å². The van der Waals surface area contributed by atoms with Crippen LogP contribution < -0.4 is 10.1 Å². The topological polar surface area (TPSA) is 30.5 Å². The van der Waals surface area contributed by atoms with E-state index in [9.17, 15) is 0 Å². The highest BCUT2D eigenvalue weighted by Crippen LogP contribution is 2.28. The zero-order valence-electron chi connectivity index (χ0n) is 11.6. The van der Waals surface area contributed by atoms with Crippen LogP contribution in [-0.2, 0) is 4.74 Å². The molecule has 2 aromatic rings. The fraction of sp³-hybridized carbons (Fsp3) is 0.294. The highest BCUT2D eigenvalue weighted by Gasteiger charge is 2.32. The minimum Gasteiger partial charge on any atom is -0.457 e. The Morgan fingerprint density at radius 2 is 1.80 bits per heavy atom. The van der Waals surface area contributed by atoms with E-state index < -0.39 is 0 Å². The maximum absolute atomic E-state index is 5.83. The molecule has 0 atom stereocenters. The zero-order chi connectivity index (χ0) is 13.8. The first-order valence-corrected chi connectivity index (χ1v) is 6.88. The van der Waals surface area contributed by atoms with E-state index in [0.29, 0.717) is 0 Å². The first-order valence-electron chi connectivity index (χ1n) is 6.88. The Kier molecular flexibility index (Phi) is 3.61. The minimum absolute atomic E-state index is 0.260. The Labute approximate surface area is 119 Å². The molecule has 1 aliphatic rings. The van der Waals surface area contributed by atoms with Gasteiger partial charge in [0.15, 0.2) is 0 Å². The number of nitrogens with one attached hydrogen (secondary N) is 1. The van der Waals surface area contributed by atoms with Gasteiger partial charge in [0.1, 0.15) is 11.5 Å². The summed E-state index contributed by atoms with van der Waals surface area (Å²) in [6, 6.07) is 17.9. The molecule has 1 aliphatic heterocycles. The molecule has 0 aliphatic carbocycles. The van der Waals surface area contributed by atoms with Crippen LogP contribution in [0, 0.1) is 5.41 Å². The van der Waals surface area contributed by atoms with Crippen molar-refractivity contribution in [3.63, 3.8) is 0 Å².